The number of aliphatic hydroxyl groups excluding tert-OH is 2. The molecule has 0 aromatic heterocycles. The number of amides is 2. The molecule has 0 aliphatic carbocycles. The number of carbonyl (C=O) groups is 5. The molecule has 14 heteroatoms. The molecule has 7 N–H and O–H groups in total. The molecular weight excluding hydrogens is 763 g/mol. The Kier molecular flexibility index (Phi) is 38.3. The number of esters is 2. The minimum absolute atomic E-state index is 0.0554. The molecule has 58 heavy (non-hydrogen) atoms. The summed E-state index contributed by atoms with van der Waals surface area (Å²) in [5.41, 5.74) is 6.03. The Bertz CT molecular complexity index is 1050. The highest BCUT2D eigenvalue weighted by Gasteiger charge is 2.27. The minimum atomic E-state index is -1.60. The van der Waals surface area contributed by atoms with Crippen LogP contribution in [0.25, 0.3) is 0 Å². The Morgan fingerprint density at radius 1 is 0.534 bits per heavy atom. The van der Waals surface area contributed by atoms with E-state index >= 15 is 0 Å². The second-order valence-electron chi connectivity index (χ2n) is 15.7. The van der Waals surface area contributed by atoms with Crippen LogP contribution in [0.2, 0.25) is 0 Å². The molecule has 1 unspecified atom stereocenters. The van der Waals surface area contributed by atoms with Gasteiger partial charge in [-0.15, -0.1) is 0 Å². The highest BCUT2D eigenvalue weighted by atomic mass is 32.2. The van der Waals surface area contributed by atoms with E-state index in [0.717, 1.165) is 38.5 Å². The van der Waals surface area contributed by atoms with Crippen molar-refractivity contribution in [3.05, 3.63) is 0 Å². The van der Waals surface area contributed by atoms with Crippen LogP contribution in [0.4, 0.5) is 0 Å². The number of hydrogen-bond acceptors (Lipinski definition) is 11. The lowest BCUT2D eigenvalue weighted by Crippen LogP contribution is -2.56. The summed E-state index contributed by atoms with van der Waals surface area (Å²) < 4.78 is 11.2. The fourth-order valence-electron chi connectivity index (χ4n) is 6.53. The predicted molar refractivity (Wildman–Crippen MR) is 232 cm³/mol. The quantitative estimate of drug-likeness (QED) is 0.0260. The molecule has 0 radical (unpaired) electrons. The number of nitrogens with two attached hydrogens (primary N) is 1. The maximum atomic E-state index is 12.8. The fourth-order valence-corrected chi connectivity index (χ4v) is 7.49. The highest BCUT2D eigenvalue weighted by molar-refractivity contribution is 7.99. The molecule has 0 rings (SSSR count). The van der Waals surface area contributed by atoms with Crippen LogP contribution in [-0.2, 0) is 33.4 Å². The Morgan fingerprint density at radius 2 is 0.914 bits per heavy atom. The van der Waals surface area contributed by atoms with Crippen LogP contribution < -0.4 is 16.4 Å². The zero-order valence-corrected chi connectivity index (χ0v) is 37.1. The maximum Gasteiger partial charge on any atom is 0.328 e. The molecule has 0 spiro atoms. The van der Waals surface area contributed by atoms with Gasteiger partial charge in [0.25, 0.3) is 0 Å². The first-order valence-electron chi connectivity index (χ1n) is 22.8. The Hall–Kier alpha value is -2.42. The average Bonchev–Trinajstić information content (AvgIpc) is 3.20. The lowest BCUT2D eigenvalue weighted by atomic mass is 10.0. The Morgan fingerprint density at radius 3 is 1.31 bits per heavy atom. The number of aliphatic carboxylic acids is 1. The topological polar surface area (TPSA) is 215 Å². The van der Waals surface area contributed by atoms with Gasteiger partial charge in [0.05, 0.1) is 19.3 Å². The van der Waals surface area contributed by atoms with Crippen LogP contribution in [0.5, 0.6) is 0 Å². The van der Waals surface area contributed by atoms with Gasteiger partial charge in [-0.05, 0) is 12.8 Å². The number of carboxylic acids is 1. The van der Waals surface area contributed by atoms with Gasteiger partial charge in [-0.25, -0.2) is 4.79 Å². The third-order valence-electron chi connectivity index (χ3n) is 10.2. The smallest absolute Gasteiger partial charge is 0.328 e. The number of nitrogens with one attached hydrogen (secondary N) is 2. The number of aliphatic hydroxyl groups is 2. The van der Waals surface area contributed by atoms with Gasteiger partial charge in [-0.3, -0.25) is 19.2 Å². The molecule has 340 valence electrons. The SMILES string of the molecule is CCCCCCCCCCCCCCCC(=O)OCC(CSC[C@H](N)C(=O)N[C@@H](CO)C(=O)N[C@@H](CO)C(=O)O)OC(=O)CCCCCCCCCCCCCCC. The summed E-state index contributed by atoms with van der Waals surface area (Å²) in [5, 5.41) is 32.1. The van der Waals surface area contributed by atoms with Crippen LogP contribution in [0.3, 0.4) is 0 Å². The third kappa shape index (κ3) is 33.4. The highest BCUT2D eigenvalue weighted by Crippen LogP contribution is 2.16. The lowest BCUT2D eigenvalue weighted by molar-refractivity contribution is -0.157. The van der Waals surface area contributed by atoms with Crippen LogP contribution in [0.1, 0.15) is 194 Å². The van der Waals surface area contributed by atoms with Gasteiger partial charge in [0.1, 0.15) is 24.8 Å². The Labute approximate surface area is 354 Å². The van der Waals surface area contributed by atoms with Gasteiger partial charge in [0.15, 0.2) is 0 Å². The monoisotopic (exact) mass is 846 g/mol. The molecule has 0 saturated carbocycles. The van der Waals surface area contributed by atoms with Crippen molar-refractivity contribution in [2.45, 2.75) is 218 Å². The summed E-state index contributed by atoms with van der Waals surface area (Å²) >= 11 is 1.21. The van der Waals surface area contributed by atoms with Crippen molar-refractivity contribution in [2.24, 2.45) is 5.73 Å². The molecule has 0 aliphatic rings. The molecular formula is C44H83N3O10S. The summed E-state index contributed by atoms with van der Waals surface area (Å²) in [6.07, 6.45) is 31.1. The number of rotatable bonds is 42. The first-order valence-corrected chi connectivity index (χ1v) is 24.0. The predicted octanol–water partition coefficient (Wildman–Crippen LogP) is 7.50. The van der Waals surface area contributed by atoms with Crippen molar-refractivity contribution in [1.29, 1.82) is 0 Å². The van der Waals surface area contributed by atoms with Crippen LogP contribution in [0.15, 0.2) is 0 Å². The van der Waals surface area contributed by atoms with E-state index < -0.39 is 55.2 Å². The molecule has 2 amide bonds. The van der Waals surface area contributed by atoms with E-state index in [9.17, 15) is 29.1 Å². The molecule has 0 aromatic rings. The fraction of sp³-hybridized carbons (Fsp3) is 0.886. The maximum absolute atomic E-state index is 12.8. The van der Waals surface area contributed by atoms with Crippen molar-refractivity contribution in [2.75, 3.05) is 31.3 Å². The molecule has 0 bridgehead atoms. The van der Waals surface area contributed by atoms with E-state index in [1.165, 1.54) is 134 Å². The van der Waals surface area contributed by atoms with Crippen molar-refractivity contribution in [1.82, 2.24) is 10.6 Å². The largest absolute Gasteiger partial charge is 0.480 e. The zero-order valence-electron chi connectivity index (χ0n) is 36.3. The minimum Gasteiger partial charge on any atom is -0.480 e. The van der Waals surface area contributed by atoms with Gasteiger partial charge < -0.3 is 41.2 Å². The molecule has 0 saturated heterocycles. The van der Waals surface area contributed by atoms with Crippen LogP contribution in [0, 0.1) is 0 Å². The number of thioether (sulfide) groups is 1. The summed E-state index contributed by atoms with van der Waals surface area (Å²) in [6.45, 7) is 2.67. The summed E-state index contributed by atoms with van der Waals surface area (Å²) in [6, 6.07) is -4.21. The molecule has 0 aliphatic heterocycles. The number of carboxylic acid groups (broad SMARTS) is 1. The van der Waals surface area contributed by atoms with E-state index in [1.54, 1.807) is 0 Å². The van der Waals surface area contributed by atoms with E-state index in [1.807, 2.05) is 5.32 Å². The molecule has 0 heterocycles. The molecule has 4 atom stereocenters. The summed E-state index contributed by atoms with van der Waals surface area (Å²) in [5.74, 6) is -3.69. The van der Waals surface area contributed by atoms with Crippen molar-refractivity contribution in [3.63, 3.8) is 0 Å². The second-order valence-corrected chi connectivity index (χ2v) is 16.8. The van der Waals surface area contributed by atoms with Gasteiger partial charge >= 0.3 is 17.9 Å². The van der Waals surface area contributed by atoms with Crippen LogP contribution in [-0.4, -0.2) is 101 Å². The van der Waals surface area contributed by atoms with Gasteiger partial charge in [-0.2, -0.15) is 11.8 Å². The lowest BCUT2D eigenvalue weighted by Gasteiger charge is -2.21. The van der Waals surface area contributed by atoms with Crippen molar-refractivity contribution < 1.29 is 48.8 Å². The van der Waals surface area contributed by atoms with E-state index in [-0.39, 0.29) is 36.5 Å². The van der Waals surface area contributed by atoms with Gasteiger partial charge in [0.2, 0.25) is 11.8 Å². The second kappa shape index (κ2) is 40.0. The van der Waals surface area contributed by atoms with Crippen molar-refractivity contribution >= 4 is 41.5 Å². The molecule has 0 fully saturated rings. The van der Waals surface area contributed by atoms with Gasteiger partial charge in [-0.1, -0.05) is 168 Å². The summed E-state index contributed by atoms with van der Waals surface area (Å²) in [4.78, 5) is 61.5. The van der Waals surface area contributed by atoms with Gasteiger partial charge in [0, 0.05) is 24.3 Å². The molecule has 0 aromatic carbocycles. The van der Waals surface area contributed by atoms with E-state index in [2.05, 4.69) is 19.2 Å². The number of ether oxygens (including phenoxy) is 2. The van der Waals surface area contributed by atoms with Crippen LogP contribution >= 0.6 is 11.8 Å². The third-order valence-corrected chi connectivity index (χ3v) is 11.5. The first kappa shape index (κ1) is 55.6. The standard InChI is InChI=1S/C44H83N3O10S/c1-3-5-7-9-11-13-15-17-19-21-23-25-27-29-40(50)56-33-36(57-41(51)30-28-26-24-22-20-18-16-14-12-10-8-6-4-2)34-58-35-37(45)42(52)46-38(31-48)43(53)47-39(32-49)44(54)55/h36-39,48-49H,3-35,45H2,1-2H3,(H,46,52)(H,47,53)(H,54,55)/t36?,37-,38-,39-/m0/s1. The number of carbonyl (C=O) groups excluding carboxylic acids is 4. The normalized spacial score (nSPS) is 13.3. The first-order chi connectivity index (χ1) is 28.1. The summed E-state index contributed by atoms with van der Waals surface area (Å²) in [7, 11) is 0. The Balaban J connectivity index is 4.72. The number of hydrogen-bond donors (Lipinski definition) is 6. The van der Waals surface area contributed by atoms with Crippen molar-refractivity contribution in [3.8, 4) is 0 Å². The van der Waals surface area contributed by atoms with E-state index in [0.29, 0.717) is 12.8 Å². The van der Waals surface area contributed by atoms with E-state index in [4.69, 9.17) is 25.4 Å². The number of unbranched alkanes of at least 4 members (excludes halogenated alkanes) is 24. The molecule has 13 nitrogen and oxygen atoms in total. The zero-order chi connectivity index (χ0) is 43.1. The average molecular weight is 846 g/mol.